The molecular formula is C40H46F3N3O5. The molecule has 4 unspecified atom stereocenters. The first-order valence-electron chi connectivity index (χ1n) is 17.8. The van der Waals surface area contributed by atoms with Gasteiger partial charge in [-0.1, -0.05) is 79.6 Å². The van der Waals surface area contributed by atoms with E-state index in [9.17, 15) is 27.9 Å². The van der Waals surface area contributed by atoms with Crippen LogP contribution in [-0.2, 0) is 32.2 Å². The molecule has 3 aromatic carbocycles. The molecule has 11 heteroatoms. The lowest BCUT2D eigenvalue weighted by molar-refractivity contribution is -0.253. The number of carbonyl (C=O) groups excluding carboxylic acids is 2. The molecular weight excluding hydrogens is 659 g/mol. The summed E-state index contributed by atoms with van der Waals surface area (Å²) < 4.78 is 52.5. The van der Waals surface area contributed by atoms with E-state index in [-0.39, 0.29) is 38.3 Å². The van der Waals surface area contributed by atoms with Gasteiger partial charge in [-0.15, -0.1) is 6.58 Å². The minimum atomic E-state index is -5.02. The van der Waals surface area contributed by atoms with Gasteiger partial charge in [-0.05, 0) is 65.6 Å². The fourth-order valence-corrected chi connectivity index (χ4v) is 7.58. The molecule has 2 saturated heterocycles. The van der Waals surface area contributed by atoms with E-state index in [2.05, 4.69) is 16.8 Å². The van der Waals surface area contributed by atoms with Crippen molar-refractivity contribution >= 4 is 11.8 Å². The third kappa shape index (κ3) is 9.07. The first-order chi connectivity index (χ1) is 24.6. The van der Waals surface area contributed by atoms with Gasteiger partial charge in [0.05, 0.1) is 18.8 Å². The van der Waals surface area contributed by atoms with E-state index in [4.69, 9.17) is 9.47 Å². The van der Waals surface area contributed by atoms with E-state index >= 15 is 0 Å². The third-order valence-electron chi connectivity index (χ3n) is 10.2. The Labute approximate surface area is 297 Å². The molecule has 3 aliphatic rings. The Balaban J connectivity index is 1.18. The van der Waals surface area contributed by atoms with Crippen LogP contribution in [0.15, 0.2) is 85.5 Å². The number of carbonyl (C=O) groups is 2. The van der Waals surface area contributed by atoms with Crippen LogP contribution in [0.25, 0.3) is 11.1 Å². The molecule has 51 heavy (non-hydrogen) atoms. The molecule has 4 atom stereocenters. The molecule has 0 spiro atoms. The van der Waals surface area contributed by atoms with Crippen LogP contribution in [0.4, 0.5) is 13.2 Å². The number of nitrogens with one attached hydrogen (secondary N) is 1. The van der Waals surface area contributed by atoms with Crippen molar-refractivity contribution in [2.45, 2.75) is 94.9 Å². The number of amides is 2. The average Bonchev–Trinajstić information content (AvgIpc) is 3.87. The van der Waals surface area contributed by atoms with Crippen molar-refractivity contribution in [3.63, 3.8) is 0 Å². The first kappa shape index (κ1) is 36.8. The summed E-state index contributed by atoms with van der Waals surface area (Å²) in [4.78, 5) is 27.8. The van der Waals surface area contributed by atoms with Gasteiger partial charge in [0.1, 0.15) is 6.04 Å². The van der Waals surface area contributed by atoms with Crippen LogP contribution in [0.1, 0.15) is 79.6 Å². The minimum Gasteiger partial charge on any atom is -0.392 e. The summed E-state index contributed by atoms with van der Waals surface area (Å²) in [6.45, 7) is 5.54. The normalized spacial score (nSPS) is 22.7. The van der Waals surface area contributed by atoms with Gasteiger partial charge in [-0.2, -0.15) is 13.2 Å². The van der Waals surface area contributed by atoms with Gasteiger partial charge in [-0.25, -0.2) is 0 Å². The van der Waals surface area contributed by atoms with Gasteiger partial charge < -0.3 is 24.8 Å². The van der Waals surface area contributed by atoms with E-state index in [0.717, 1.165) is 46.5 Å². The Morgan fingerprint density at radius 2 is 1.65 bits per heavy atom. The van der Waals surface area contributed by atoms with E-state index < -0.39 is 30.3 Å². The summed E-state index contributed by atoms with van der Waals surface area (Å²) in [5, 5.41) is 12.3. The molecule has 272 valence electrons. The maximum Gasteiger partial charge on any atom is 0.471 e. The summed E-state index contributed by atoms with van der Waals surface area (Å²) in [5.41, 5.74) is 5.29. The molecule has 1 saturated carbocycles. The van der Waals surface area contributed by atoms with Crippen molar-refractivity contribution in [3.05, 3.63) is 108 Å². The van der Waals surface area contributed by atoms with Gasteiger partial charge in [0.2, 0.25) is 5.91 Å². The molecule has 8 nitrogen and oxygen atoms in total. The highest BCUT2D eigenvalue weighted by atomic mass is 19.4. The summed E-state index contributed by atoms with van der Waals surface area (Å²) in [6, 6.07) is 22.8. The third-order valence-corrected chi connectivity index (χ3v) is 10.2. The lowest BCUT2D eigenvalue weighted by atomic mass is 9.98. The molecule has 1 aliphatic carbocycles. The van der Waals surface area contributed by atoms with E-state index in [1.165, 1.54) is 25.7 Å². The molecule has 6 rings (SSSR count). The van der Waals surface area contributed by atoms with Crippen LogP contribution in [-0.4, -0.2) is 70.7 Å². The number of alkyl halides is 3. The minimum absolute atomic E-state index is 0.0273. The number of rotatable bonds is 12. The van der Waals surface area contributed by atoms with Gasteiger partial charge in [0.15, 0.2) is 6.29 Å². The van der Waals surface area contributed by atoms with E-state index in [1.54, 1.807) is 0 Å². The number of benzene rings is 3. The molecule has 2 aliphatic heterocycles. The van der Waals surface area contributed by atoms with Crippen molar-refractivity contribution < 1.29 is 37.3 Å². The molecule has 2 amide bonds. The van der Waals surface area contributed by atoms with Crippen molar-refractivity contribution in [2.75, 3.05) is 19.6 Å². The summed E-state index contributed by atoms with van der Waals surface area (Å²) in [7, 11) is 0. The smallest absolute Gasteiger partial charge is 0.392 e. The Bertz CT molecular complexity index is 1660. The topological polar surface area (TPSA) is 91.3 Å². The van der Waals surface area contributed by atoms with Crippen molar-refractivity contribution in [1.82, 2.24) is 15.1 Å². The quantitative estimate of drug-likeness (QED) is 0.198. The second-order valence-corrected chi connectivity index (χ2v) is 13.7. The van der Waals surface area contributed by atoms with Gasteiger partial charge in [0.25, 0.3) is 0 Å². The van der Waals surface area contributed by atoms with Crippen LogP contribution in [0, 0.1) is 0 Å². The Kier molecular flexibility index (Phi) is 11.9. The van der Waals surface area contributed by atoms with Crippen molar-refractivity contribution in [2.24, 2.45) is 0 Å². The van der Waals surface area contributed by atoms with E-state index in [1.807, 2.05) is 78.9 Å². The van der Waals surface area contributed by atoms with Crippen LogP contribution in [0.3, 0.4) is 0 Å². The number of hydrogen-bond acceptors (Lipinski definition) is 6. The summed E-state index contributed by atoms with van der Waals surface area (Å²) in [6.07, 6.45) is 2.04. The number of aliphatic hydroxyl groups is 1. The zero-order valence-corrected chi connectivity index (χ0v) is 28.7. The number of aliphatic hydroxyl groups excluding tert-OH is 1. The van der Waals surface area contributed by atoms with E-state index in [0.29, 0.717) is 23.8 Å². The molecule has 3 fully saturated rings. The number of hydrogen-bond donors (Lipinski definition) is 2. The molecule has 0 aromatic heterocycles. The fourth-order valence-electron chi connectivity index (χ4n) is 7.58. The summed E-state index contributed by atoms with van der Waals surface area (Å²) in [5.74, 6) is -2.58. The van der Waals surface area contributed by atoms with Gasteiger partial charge in [0, 0.05) is 44.2 Å². The Morgan fingerprint density at radius 3 is 2.35 bits per heavy atom. The number of halogens is 3. The van der Waals surface area contributed by atoms with Crippen LogP contribution < -0.4 is 5.32 Å². The largest absolute Gasteiger partial charge is 0.471 e. The second-order valence-electron chi connectivity index (χ2n) is 13.7. The second kappa shape index (κ2) is 16.5. The molecule has 0 bridgehead atoms. The Hall–Kier alpha value is -4.03. The number of ether oxygens (including phenoxy) is 2. The van der Waals surface area contributed by atoms with Crippen LogP contribution in [0.5, 0.6) is 0 Å². The summed E-state index contributed by atoms with van der Waals surface area (Å²) >= 11 is 0. The van der Waals surface area contributed by atoms with Gasteiger partial charge in [-0.3, -0.25) is 14.5 Å². The number of nitrogens with zero attached hydrogens (tertiary/aromatic N) is 2. The lowest BCUT2D eigenvalue weighted by Gasteiger charge is -2.39. The first-order valence-corrected chi connectivity index (χ1v) is 17.8. The molecule has 2 N–H and O–H groups in total. The highest BCUT2D eigenvalue weighted by Crippen LogP contribution is 2.40. The molecule has 2 heterocycles. The maximum atomic E-state index is 13.1. The Morgan fingerprint density at radius 1 is 0.922 bits per heavy atom. The fraction of sp³-hybridized carbons (Fsp3) is 0.450. The zero-order chi connectivity index (χ0) is 36.0. The zero-order valence-electron chi connectivity index (χ0n) is 28.7. The molecule has 3 aromatic rings. The van der Waals surface area contributed by atoms with Crippen molar-refractivity contribution in [1.29, 1.82) is 0 Å². The lowest BCUT2D eigenvalue weighted by Crippen LogP contribution is -2.50. The van der Waals surface area contributed by atoms with Crippen LogP contribution >= 0.6 is 0 Å². The van der Waals surface area contributed by atoms with Crippen molar-refractivity contribution in [3.8, 4) is 11.1 Å². The van der Waals surface area contributed by atoms with Gasteiger partial charge >= 0.3 is 12.1 Å². The number of likely N-dealkylation sites (tertiary alicyclic amines) is 1. The maximum absolute atomic E-state index is 13.1. The predicted octanol–water partition coefficient (Wildman–Crippen LogP) is 6.99. The highest BCUT2D eigenvalue weighted by molar-refractivity contribution is 5.90. The average molecular weight is 706 g/mol. The SMILES string of the molecule is C=CCN(CC1CC(c2ccc(CO)cc2)OC(c2cccc(-c3cccc(CNC(=O)C4CCCN4C(=O)C(F)(F)F)c3)c2)O1)C1CCCC1. The standard InChI is InChI=1S/C40H46F3N3O5/c1-2-19-45(33-12-3-4-13-33)25-34-23-36(29-17-15-27(26-47)16-18-29)51-38(50-34)32-11-6-10-31(22-32)30-9-5-8-28(21-30)24-44-37(48)35-14-7-20-46(35)39(49)40(41,42)43/h2,5-6,8-11,15-18,21-22,33-36,38,47H,1,3-4,7,12-14,19-20,23-26H2,(H,44,48). The predicted molar refractivity (Wildman–Crippen MR) is 187 cm³/mol. The monoisotopic (exact) mass is 705 g/mol. The van der Waals surface area contributed by atoms with Crippen LogP contribution in [0.2, 0.25) is 0 Å². The molecule has 0 radical (unpaired) electrons. The highest BCUT2D eigenvalue weighted by Gasteiger charge is 2.47.